The summed E-state index contributed by atoms with van der Waals surface area (Å²) in [4.78, 5) is 4.24. The van der Waals surface area contributed by atoms with Gasteiger partial charge in [0.05, 0.1) is 16.8 Å². The van der Waals surface area contributed by atoms with Crippen molar-refractivity contribution in [1.29, 1.82) is 0 Å². The van der Waals surface area contributed by atoms with Gasteiger partial charge in [-0.3, -0.25) is 4.98 Å². The van der Waals surface area contributed by atoms with E-state index >= 15 is 0 Å². The Balaban J connectivity index is 2.50. The van der Waals surface area contributed by atoms with Gasteiger partial charge >= 0.3 is 0 Å². The third-order valence-corrected chi connectivity index (χ3v) is 3.91. The highest BCUT2D eigenvalue weighted by atomic mass is 79.9. The van der Waals surface area contributed by atoms with E-state index in [9.17, 15) is 4.39 Å². The van der Waals surface area contributed by atoms with Crippen molar-refractivity contribution in [2.24, 2.45) is 0 Å². The monoisotopic (exact) mass is 328 g/mol. The zero-order valence-corrected chi connectivity index (χ0v) is 12.0. The average molecular weight is 330 g/mol. The largest absolute Gasteiger partial charge is 0.308 e. The fourth-order valence-corrected chi connectivity index (χ4v) is 2.25. The molecule has 18 heavy (non-hydrogen) atoms. The molecule has 0 aliphatic carbocycles. The molecule has 0 radical (unpaired) electrons. The number of hydrogen-bond donors (Lipinski definition) is 1. The summed E-state index contributed by atoms with van der Waals surface area (Å²) >= 11 is 9.10. The Morgan fingerprint density at radius 1 is 1.33 bits per heavy atom. The van der Waals surface area contributed by atoms with Crippen molar-refractivity contribution >= 4 is 27.5 Å². The second-order valence-electron chi connectivity index (χ2n) is 3.74. The van der Waals surface area contributed by atoms with Gasteiger partial charge in [0.2, 0.25) is 0 Å². The van der Waals surface area contributed by atoms with Crippen molar-refractivity contribution in [3.05, 3.63) is 63.1 Å². The molecule has 1 atom stereocenters. The molecule has 0 saturated heterocycles. The van der Waals surface area contributed by atoms with Gasteiger partial charge < -0.3 is 5.32 Å². The molecule has 0 aliphatic rings. The van der Waals surface area contributed by atoms with Gasteiger partial charge in [-0.15, -0.1) is 0 Å². The van der Waals surface area contributed by atoms with Crippen LogP contribution >= 0.6 is 27.5 Å². The fraction of sp³-hybridized carbons (Fsp3) is 0.154. The third kappa shape index (κ3) is 2.55. The molecule has 94 valence electrons. The van der Waals surface area contributed by atoms with Gasteiger partial charge in [-0.25, -0.2) is 4.39 Å². The SMILES string of the molecule is CNC(c1ccccn1)c1ccc(Br)c(Cl)c1F. The van der Waals surface area contributed by atoms with E-state index in [1.165, 1.54) is 0 Å². The van der Waals surface area contributed by atoms with E-state index in [0.29, 0.717) is 10.0 Å². The molecule has 0 spiro atoms. The average Bonchev–Trinajstić information content (AvgIpc) is 2.41. The molecule has 0 saturated carbocycles. The Morgan fingerprint density at radius 3 is 2.72 bits per heavy atom. The Morgan fingerprint density at radius 2 is 2.11 bits per heavy atom. The summed E-state index contributed by atoms with van der Waals surface area (Å²) in [7, 11) is 1.76. The number of aromatic nitrogens is 1. The molecule has 0 amide bonds. The number of rotatable bonds is 3. The lowest BCUT2D eigenvalue weighted by molar-refractivity contribution is 0.570. The molecule has 0 aliphatic heterocycles. The summed E-state index contributed by atoms with van der Waals surface area (Å²) in [6, 6.07) is 8.63. The predicted octanol–water partition coefficient (Wildman–Crippen LogP) is 3.95. The number of nitrogens with zero attached hydrogens (tertiary/aromatic N) is 1. The van der Waals surface area contributed by atoms with Crippen LogP contribution in [0.25, 0.3) is 0 Å². The lowest BCUT2D eigenvalue weighted by Gasteiger charge is -2.17. The molecule has 1 heterocycles. The van der Waals surface area contributed by atoms with Gasteiger partial charge in [-0.05, 0) is 41.2 Å². The van der Waals surface area contributed by atoms with E-state index in [-0.39, 0.29) is 11.1 Å². The van der Waals surface area contributed by atoms with Crippen LogP contribution in [0.5, 0.6) is 0 Å². The van der Waals surface area contributed by atoms with Crippen molar-refractivity contribution in [3.63, 3.8) is 0 Å². The van der Waals surface area contributed by atoms with E-state index in [1.54, 1.807) is 25.4 Å². The Labute approximate surface area is 118 Å². The molecule has 1 N–H and O–H groups in total. The number of halogens is 3. The molecule has 0 fully saturated rings. The second kappa shape index (κ2) is 5.78. The molecule has 2 nitrogen and oxygen atoms in total. The minimum absolute atomic E-state index is 0.0867. The van der Waals surface area contributed by atoms with E-state index in [4.69, 9.17) is 11.6 Å². The third-order valence-electron chi connectivity index (χ3n) is 2.65. The van der Waals surface area contributed by atoms with Crippen molar-refractivity contribution < 1.29 is 4.39 Å². The zero-order chi connectivity index (χ0) is 13.1. The zero-order valence-electron chi connectivity index (χ0n) is 9.62. The highest BCUT2D eigenvalue weighted by Gasteiger charge is 2.20. The lowest BCUT2D eigenvalue weighted by Crippen LogP contribution is -2.20. The molecule has 1 aromatic heterocycles. The van der Waals surface area contributed by atoms with Crippen LogP contribution < -0.4 is 5.32 Å². The van der Waals surface area contributed by atoms with Crippen molar-refractivity contribution in [2.75, 3.05) is 7.05 Å². The summed E-state index contributed by atoms with van der Waals surface area (Å²) in [5, 5.41) is 3.13. The summed E-state index contributed by atoms with van der Waals surface area (Å²) in [5.41, 5.74) is 1.22. The normalized spacial score (nSPS) is 12.4. The Bertz CT molecular complexity index is 548. The van der Waals surface area contributed by atoms with Crippen LogP contribution in [0, 0.1) is 5.82 Å². The topological polar surface area (TPSA) is 24.9 Å². The highest BCUT2D eigenvalue weighted by molar-refractivity contribution is 9.10. The quantitative estimate of drug-likeness (QED) is 0.863. The van der Waals surface area contributed by atoms with E-state index in [1.807, 2.05) is 18.2 Å². The first-order valence-electron chi connectivity index (χ1n) is 5.36. The maximum absolute atomic E-state index is 14.2. The van der Waals surface area contributed by atoms with Gasteiger partial charge in [0.25, 0.3) is 0 Å². The van der Waals surface area contributed by atoms with Crippen molar-refractivity contribution in [2.45, 2.75) is 6.04 Å². The molecular formula is C13H11BrClFN2. The van der Waals surface area contributed by atoms with Crippen LogP contribution in [0.2, 0.25) is 5.02 Å². The lowest BCUT2D eigenvalue weighted by atomic mass is 10.0. The van der Waals surface area contributed by atoms with Crippen LogP contribution in [0.4, 0.5) is 4.39 Å². The summed E-state index contributed by atoms with van der Waals surface area (Å²) in [6.45, 7) is 0. The summed E-state index contributed by atoms with van der Waals surface area (Å²) < 4.78 is 14.7. The maximum atomic E-state index is 14.2. The van der Waals surface area contributed by atoms with Crippen LogP contribution in [0.15, 0.2) is 41.0 Å². The first kappa shape index (κ1) is 13.5. The van der Waals surface area contributed by atoms with Gasteiger partial charge in [0.1, 0.15) is 5.82 Å². The fourth-order valence-electron chi connectivity index (χ4n) is 1.77. The number of hydrogen-bond acceptors (Lipinski definition) is 2. The van der Waals surface area contributed by atoms with E-state index < -0.39 is 5.82 Å². The van der Waals surface area contributed by atoms with E-state index in [0.717, 1.165) is 5.69 Å². The predicted molar refractivity (Wildman–Crippen MR) is 74.2 cm³/mol. The number of pyridine rings is 1. The van der Waals surface area contributed by atoms with Gasteiger partial charge in [0.15, 0.2) is 0 Å². The minimum atomic E-state index is -0.434. The minimum Gasteiger partial charge on any atom is -0.308 e. The maximum Gasteiger partial charge on any atom is 0.148 e. The molecule has 1 aromatic carbocycles. The molecular weight excluding hydrogens is 319 g/mol. The standard InChI is InChI=1S/C13H11BrClFN2/c1-17-13(10-4-2-3-7-18-10)8-5-6-9(14)11(15)12(8)16/h2-7,13,17H,1H3. The highest BCUT2D eigenvalue weighted by Crippen LogP contribution is 2.32. The van der Waals surface area contributed by atoms with Gasteiger partial charge in [-0.2, -0.15) is 0 Å². The molecule has 2 aromatic rings. The van der Waals surface area contributed by atoms with E-state index in [2.05, 4.69) is 26.2 Å². The summed E-state index contributed by atoms with van der Waals surface area (Å²) in [5.74, 6) is -0.434. The van der Waals surface area contributed by atoms with Gasteiger partial charge in [-0.1, -0.05) is 23.7 Å². The van der Waals surface area contributed by atoms with Crippen molar-refractivity contribution in [1.82, 2.24) is 10.3 Å². The Hall–Kier alpha value is -0.970. The van der Waals surface area contributed by atoms with Crippen molar-refractivity contribution in [3.8, 4) is 0 Å². The molecule has 1 unspecified atom stereocenters. The first-order valence-corrected chi connectivity index (χ1v) is 6.54. The van der Waals surface area contributed by atoms with Gasteiger partial charge in [0, 0.05) is 16.2 Å². The molecule has 5 heteroatoms. The van der Waals surface area contributed by atoms with Crippen LogP contribution in [-0.2, 0) is 0 Å². The second-order valence-corrected chi connectivity index (χ2v) is 4.97. The van der Waals surface area contributed by atoms with Crippen LogP contribution in [-0.4, -0.2) is 12.0 Å². The van der Waals surface area contributed by atoms with Crippen LogP contribution in [0.3, 0.4) is 0 Å². The Kier molecular flexibility index (Phi) is 4.32. The number of benzene rings is 1. The van der Waals surface area contributed by atoms with Crippen LogP contribution in [0.1, 0.15) is 17.3 Å². The number of nitrogens with one attached hydrogen (secondary N) is 1. The first-order chi connectivity index (χ1) is 8.65. The molecule has 0 bridgehead atoms. The molecule has 2 rings (SSSR count). The summed E-state index contributed by atoms with van der Waals surface area (Å²) in [6.07, 6.45) is 1.68. The smallest absolute Gasteiger partial charge is 0.148 e.